The first-order valence-corrected chi connectivity index (χ1v) is 6.06. The number of nitrogens with zero attached hydrogens (tertiary/aromatic N) is 1. The molecule has 2 aromatic carbocycles. The fourth-order valence-electron chi connectivity index (χ4n) is 2.16. The average molecular weight is 259 g/mol. The number of methoxy groups -OCH3 is 1. The molecule has 0 saturated heterocycles. The second kappa shape index (κ2) is 4.80. The Balaban J connectivity index is 1.86. The van der Waals surface area contributed by atoms with Crippen molar-refractivity contribution in [2.75, 3.05) is 18.7 Å². The Kier molecular flexibility index (Phi) is 2.99. The van der Waals surface area contributed by atoms with Gasteiger partial charge in [-0.05, 0) is 42.5 Å². The first-order valence-electron chi connectivity index (χ1n) is 6.06. The number of anilines is 1. The number of hydrogen-bond donors (Lipinski definition) is 0. The molecule has 0 amide bonds. The molecule has 1 aliphatic heterocycles. The van der Waals surface area contributed by atoms with Gasteiger partial charge < -0.3 is 14.4 Å². The van der Waals surface area contributed by atoms with Crippen molar-refractivity contribution in [3.05, 3.63) is 53.8 Å². The molecule has 1 aliphatic rings. The minimum Gasteiger partial charge on any atom is -0.497 e. The van der Waals surface area contributed by atoms with Crippen molar-refractivity contribution >= 4 is 5.69 Å². The molecule has 0 radical (unpaired) electrons. The maximum Gasteiger partial charge on any atom is 0.161 e. The van der Waals surface area contributed by atoms with E-state index in [1.54, 1.807) is 19.2 Å². The Morgan fingerprint density at radius 1 is 1.16 bits per heavy atom. The number of fused-ring (bicyclic) bond motifs is 1. The number of hydrogen-bond acceptors (Lipinski definition) is 3. The molecule has 0 spiro atoms. The maximum absolute atomic E-state index is 12.9. The van der Waals surface area contributed by atoms with Crippen LogP contribution in [-0.4, -0.2) is 13.8 Å². The zero-order chi connectivity index (χ0) is 13.2. The quantitative estimate of drug-likeness (QED) is 0.826. The van der Waals surface area contributed by atoms with Crippen molar-refractivity contribution in [2.45, 2.75) is 6.54 Å². The molecule has 0 unspecified atom stereocenters. The molecule has 19 heavy (non-hydrogen) atoms. The molecule has 0 aromatic heterocycles. The third-order valence-electron chi connectivity index (χ3n) is 3.20. The molecule has 0 bridgehead atoms. The Labute approximate surface area is 111 Å². The van der Waals surface area contributed by atoms with Crippen molar-refractivity contribution in [1.82, 2.24) is 0 Å². The normalized spacial score (nSPS) is 13.7. The van der Waals surface area contributed by atoms with Gasteiger partial charge in [0.1, 0.15) is 17.3 Å². The number of benzene rings is 2. The molecule has 0 atom stereocenters. The van der Waals surface area contributed by atoms with E-state index in [-0.39, 0.29) is 5.82 Å². The number of ether oxygens (including phenoxy) is 2. The van der Waals surface area contributed by atoms with Gasteiger partial charge in [0.15, 0.2) is 6.73 Å². The van der Waals surface area contributed by atoms with Crippen molar-refractivity contribution in [3.63, 3.8) is 0 Å². The van der Waals surface area contributed by atoms with E-state index in [1.807, 2.05) is 23.1 Å². The van der Waals surface area contributed by atoms with Crippen molar-refractivity contribution in [1.29, 1.82) is 0 Å². The monoisotopic (exact) mass is 259 g/mol. The van der Waals surface area contributed by atoms with E-state index in [0.29, 0.717) is 6.73 Å². The topological polar surface area (TPSA) is 21.7 Å². The van der Waals surface area contributed by atoms with Crippen LogP contribution in [0.3, 0.4) is 0 Å². The minimum absolute atomic E-state index is 0.233. The van der Waals surface area contributed by atoms with E-state index in [1.165, 1.54) is 12.1 Å². The zero-order valence-corrected chi connectivity index (χ0v) is 10.6. The first-order chi connectivity index (χ1) is 9.26. The lowest BCUT2D eigenvalue weighted by Gasteiger charge is -2.30. The van der Waals surface area contributed by atoms with Crippen LogP contribution < -0.4 is 14.4 Å². The van der Waals surface area contributed by atoms with Gasteiger partial charge in [-0.2, -0.15) is 0 Å². The van der Waals surface area contributed by atoms with Gasteiger partial charge in [-0.25, -0.2) is 4.39 Å². The molecule has 3 nitrogen and oxygen atoms in total. The van der Waals surface area contributed by atoms with Crippen LogP contribution in [-0.2, 0) is 6.54 Å². The predicted octanol–water partition coefficient (Wildman–Crippen LogP) is 3.19. The lowest BCUT2D eigenvalue weighted by Crippen LogP contribution is -2.31. The van der Waals surface area contributed by atoms with Gasteiger partial charge in [-0.15, -0.1) is 0 Å². The molecule has 2 aromatic rings. The second-order valence-electron chi connectivity index (χ2n) is 4.42. The van der Waals surface area contributed by atoms with Crippen LogP contribution in [0.15, 0.2) is 42.5 Å². The molecular formula is C15H14FNO2. The standard InChI is InChI=1S/C15H14FNO2/c1-18-14-6-7-15-11(8-14)9-17(10-19-15)13-4-2-12(16)3-5-13/h2-8H,9-10H2,1H3. The van der Waals surface area contributed by atoms with Gasteiger partial charge in [0.25, 0.3) is 0 Å². The van der Waals surface area contributed by atoms with Crippen LogP contribution in [0.4, 0.5) is 10.1 Å². The van der Waals surface area contributed by atoms with E-state index in [0.717, 1.165) is 29.3 Å². The maximum atomic E-state index is 12.9. The average Bonchev–Trinajstić information content (AvgIpc) is 2.47. The molecule has 3 rings (SSSR count). The predicted molar refractivity (Wildman–Crippen MR) is 71.1 cm³/mol. The van der Waals surface area contributed by atoms with Crippen molar-refractivity contribution in [3.8, 4) is 11.5 Å². The third-order valence-corrected chi connectivity index (χ3v) is 3.20. The SMILES string of the molecule is COc1ccc2c(c1)CN(c1ccc(F)cc1)CO2. The summed E-state index contributed by atoms with van der Waals surface area (Å²) in [4.78, 5) is 2.04. The number of halogens is 1. The summed E-state index contributed by atoms with van der Waals surface area (Å²) >= 11 is 0. The fourth-order valence-corrected chi connectivity index (χ4v) is 2.16. The van der Waals surface area contributed by atoms with Crippen LogP contribution in [0.1, 0.15) is 5.56 Å². The van der Waals surface area contributed by atoms with Crippen LogP contribution in [0.25, 0.3) is 0 Å². The van der Waals surface area contributed by atoms with Crippen LogP contribution in [0.5, 0.6) is 11.5 Å². The Morgan fingerprint density at radius 3 is 2.68 bits per heavy atom. The van der Waals surface area contributed by atoms with Crippen LogP contribution in [0, 0.1) is 5.82 Å². The summed E-state index contributed by atoms with van der Waals surface area (Å²) in [6.07, 6.45) is 0. The van der Waals surface area contributed by atoms with E-state index in [2.05, 4.69) is 0 Å². The second-order valence-corrected chi connectivity index (χ2v) is 4.42. The highest BCUT2D eigenvalue weighted by Crippen LogP contribution is 2.31. The van der Waals surface area contributed by atoms with E-state index in [4.69, 9.17) is 9.47 Å². The summed E-state index contributed by atoms with van der Waals surface area (Å²) in [5.74, 6) is 1.45. The highest BCUT2D eigenvalue weighted by Gasteiger charge is 2.18. The molecule has 0 saturated carbocycles. The van der Waals surface area contributed by atoms with Gasteiger partial charge >= 0.3 is 0 Å². The molecule has 0 fully saturated rings. The smallest absolute Gasteiger partial charge is 0.161 e. The summed E-state index contributed by atoms with van der Waals surface area (Å²) in [5, 5.41) is 0. The van der Waals surface area contributed by atoms with Crippen LogP contribution in [0.2, 0.25) is 0 Å². The first kappa shape index (κ1) is 11.8. The van der Waals surface area contributed by atoms with Gasteiger partial charge in [-0.1, -0.05) is 0 Å². The molecule has 98 valence electrons. The largest absolute Gasteiger partial charge is 0.497 e. The summed E-state index contributed by atoms with van der Waals surface area (Å²) in [5.41, 5.74) is 2.00. The van der Waals surface area contributed by atoms with E-state index in [9.17, 15) is 4.39 Å². The molecular weight excluding hydrogens is 245 g/mol. The summed E-state index contributed by atoms with van der Waals surface area (Å²) in [7, 11) is 1.64. The van der Waals surface area contributed by atoms with E-state index >= 15 is 0 Å². The van der Waals surface area contributed by atoms with Crippen molar-refractivity contribution in [2.24, 2.45) is 0 Å². The zero-order valence-electron chi connectivity index (χ0n) is 10.6. The lowest BCUT2D eigenvalue weighted by atomic mass is 10.1. The summed E-state index contributed by atoms with van der Waals surface area (Å²) < 4.78 is 23.8. The summed E-state index contributed by atoms with van der Waals surface area (Å²) in [6.45, 7) is 1.18. The van der Waals surface area contributed by atoms with Gasteiger partial charge in [0, 0.05) is 17.8 Å². The molecule has 0 aliphatic carbocycles. The van der Waals surface area contributed by atoms with Crippen molar-refractivity contribution < 1.29 is 13.9 Å². The van der Waals surface area contributed by atoms with E-state index < -0.39 is 0 Å². The minimum atomic E-state index is -0.233. The van der Waals surface area contributed by atoms with Crippen LogP contribution >= 0.6 is 0 Å². The lowest BCUT2D eigenvalue weighted by molar-refractivity contribution is 0.288. The Morgan fingerprint density at radius 2 is 1.95 bits per heavy atom. The van der Waals surface area contributed by atoms with Gasteiger partial charge in [0.2, 0.25) is 0 Å². The molecule has 0 N–H and O–H groups in total. The Bertz CT molecular complexity index is 583. The highest BCUT2D eigenvalue weighted by atomic mass is 19.1. The fraction of sp³-hybridized carbons (Fsp3) is 0.200. The van der Waals surface area contributed by atoms with Gasteiger partial charge in [-0.3, -0.25) is 0 Å². The Hall–Kier alpha value is -2.23. The molecule has 1 heterocycles. The number of rotatable bonds is 2. The highest BCUT2D eigenvalue weighted by molar-refractivity contribution is 5.51. The van der Waals surface area contributed by atoms with Gasteiger partial charge in [0.05, 0.1) is 7.11 Å². The summed E-state index contributed by atoms with van der Waals surface area (Å²) in [6, 6.07) is 12.2. The third kappa shape index (κ3) is 2.34. The molecule has 4 heteroatoms.